The maximum atomic E-state index is 12.4. The van der Waals surface area contributed by atoms with Gasteiger partial charge >= 0.3 is 0 Å². The van der Waals surface area contributed by atoms with Gasteiger partial charge in [0.15, 0.2) is 0 Å². The summed E-state index contributed by atoms with van der Waals surface area (Å²) >= 11 is 7.22. The summed E-state index contributed by atoms with van der Waals surface area (Å²) < 4.78 is 32.4. The second-order valence-electron chi connectivity index (χ2n) is 4.63. The molecule has 1 aliphatic heterocycles. The van der Waals surface area contributed by atoms with Crippen LogP contribution in [0.3, 0.4) is 0 Å². The Morgan fingerprint density at radius 1 is 1.43 bits per heavy atom. The lowest BCUT2D eigenvalue weighted by molar-refractivity contribution is 0.215. The molecule has 8 heteroatoms. The summed E-state index contributed by atoms with van der Waals surface area (Å²) in [5, 5.41) is 2.19. The van der Waals surface area contributed by atoms with Gasteiger partial charge < -0.3 is 4.74 Å². The van der Waals surface area contributed by atoms with E-state index in [1.165, 1.54) is 21.8 Å². The lowest BCUT2D eigenvalue weighted by Gasteiger charge is -2.16. The average Bonchev–Trinajstić information content (AvgIpc) is 3.12. The third-order valence-electron chi connectivity index (χ3n) is 3.23. The van der Waals surface area contributed by atoms with Gasteiger partial charge in [0.1, 0.15) is 21.1 Å². The summed E-state index contributed by atoms with van der Waals surface area (Å²) in [4.78, 5) is 3.89. The van der Waals surface area contributed by atoms with Crippen LogP contribution in [0.1, 0.15) is 6.42 Å². The summed E-state index contributed by atoms with van der Waals surface area (Å²) in [5.74, 6) is 0.534. The van der Waals surface area contributed by atoms with Crippen LogP contribution < -0.4 is 4.74 Å². The molecule has 3 heterocycles. The number of thiophene rings is 1. The molecule has 0 N–H and O–H groups in total. The monoisotopic (exact) mass is 344 g/mol. The Labute approximate surface area is 132 Å². The summed E-state index contributed by atoms with van der Waals surface area (Å²) in [5.41, 5.74) is 0. The minimum Gasteiger partial charge on any atom is -0.487 e. The molecule has 1 fully saturated rings. The van der Waals surface area contributed by atoms with Crippen LogP contribution in [-0.4, -0.2) is 36.9 Å². The van der Waals surface area contributed by atoms with Crippen LogP contribution in [0.15, 0.2) is 40.2 Å². The van der Waals surface area contributed by atoms with Crippen LogP contribution in [0.4, 0.5) is 0 Å². The molecule has 1 saturated heterocycles. The van der Waals surface area contributed by atoms with E-state index in [9.17, 15) is 8.42 Å². The van der Waals surface area contributed by atoms with E-state index < -0.39 is 10.0 Å². The minimum atomic E-state index is -3.40. The Morgan fingerprint density at radius 2 is 2.29 bits per heavy atom. The van der Waals surface area contributed by atoms with E-state index in [4.69, 9.17) is 16.3 Å². The van der Waals surface area contributed by atoms with Crippen LogP contribution in [0.5, 0.6) is 5.75 Å². The molecule has 0 aromatic carbocycles. The van der Waals surface area contributed by atoms with Gasteiger partial charge in [-0.1, -0.05) is 17.7 Å². The molecule has 0 bridgehead atoms. The molecule has 2 aromatic heterocycles. The van der Waals surface area contributed by atoms with Crippen molar-refractivity contribution in [3.8, 4) is 5.75 Å². The Hall–Kier alpha value is -1.15. The van der Waals surface area contributed by atoms with Gasteiger partial charge in [0.25, 0.3) is 10.0 Å². The van der Waals surface area contributed by atoms with E-state index in [1.807, 2.05) is 0 Å². The van der Waals surface area contributed by atoms with Crippen molar-refractivity contribution in [1.29, 1.82) is 0 Å². The van der Waals surface area contributed by atoms with Crippen molar-refractivity contribution in [3.63, 3.8) is 0 Å². The summed E-state index contributed by atoms with van der Waals surface area (Å²) in [6.45, 7) is 0.784. The molecule has 0 amide bonds. The van der Waals surface area contributed by atoms with Crippen molar-refractivity contribution >= 4 is 33.0 Å². The highest BCUT2D eigenvalue weighted by atomic mass is 35.5. The van der Waals surface area contributed by atoms with Crippen molar-refractivity contribution in [2.75, 3.05) is 13.1 Å². The van der Waals surface area contributed by atoms with E-state index in [2.05, 4.69) is 4.98 Å². The van der Waals surface area contributed by atoms with Crippen molar-refractivity contribution in [2.45, 2.75) is 16.7 Å². The van der Waals surface area contributed by atoms with Gasteiger partial charge in [-0.2, -0.15) is 4.31 Å². The molecule has 1 atom stereocenters. The topological polar surface area (TPSA) is 59.5 Å². The summed E-state index contributed by atoms with van der Waals surface area (Å²) in [6.07, 6.45) is 3.55. The molecular formula is C13H13ClN2O3S2. The highest BCUT2D eigenvalue weighted by Gasteiger charge is 2.34. The van der Waals surface area contributed by atoms with Crippen molar-refractivity contribution in [1.82, 2.24) is 9.29 Å². The number of aromatic nitrogens is 1. The van der Waals surface area contributed by atoms with Gasteiger partial charge in [-0.05, 0) is 17.9 Å². The Bertz CT molecular complexity index is 719. The molecule has 1 aliphatic rings. The highest BCUT2D eigenvalue weighted by molar-refractivity contribution is 7.91. The zero-order chi connectivity index (χ0) is 14.9. The van der Waals surface area contributed by atoms with Gasteiger partial charge in [-0.3, -0.25) is 4.98 Å². The normalized spacial score (nSPS) is 19.8. The zero-order valence-electron chi connectivity index (χ0n) is 11.0. The molecule has 2 aromatic rings. The van der Waals surface area contributed by atoms with E-state index in [0.29, 0.717) is 34.5 Å². The van der Waals surface area contributed by atoms with E-state index in [0.717, 1.165) is 0 Å². The fraction of sp³-hybridized carbons (Fsp3) is 0.308. The fourth-order valence-electron chi connectivity index (χ4n) is 2.19. The molecule has 0 spiro atoms. The predicted octanol–water partition coefficient (Wildman–Crippen LogP) is 2.64. The largest absolute Gasteiger partial charge is 0.487 e. The maximum Gasteiger partial charge on any atom is 0.252 e. The summed E-state index contributed by atoms with van der Waals surface area (Å²) in [7, 11) is -3.40. The lowest BCUT2D eigenvalue weighted by Crippen LogP contribution is -2.30. The number of ether oxygens (including phenoxy) is 1. The van der Waals surface area contributed by atoms with Crippen LogP contribution >= 0.6 is 22.9 Å². The molecule has 3 rings (SSSR count). The number of pyridine rings is 1. The maximum absolute atomic E-state index is 12.4. The first-order valence-electron chi connectivity index (χ1n) is 6.37. The van der Waals surface area contributed by atoms with Gasteiger partial charge in [0, 0.05) is 25.0 Å². The second kappa shape index (κ2) is 5.92. The standard InChI is InChI=1S/C13H13ClN2O3S2/c14-11-8-15-5-3-12(11)19-10-4-6-16(9-10)21(17,18)13-2-1-7-20-13/h1-3,5,7-8,10H,4,6,9H2/t10-/m0/s1. The Balaban J connectivity index is 1.70. The highest BCUT2D eigenvalue weighted by Crippen LogP contribution is 2.28. The molecule has 0 aliphatic carbocycles. The van der Waals surface area contributed by atoms with Crippen LogP contribution in [0.2, 0.25) is 5.02 Å². The number of hydrogen-bond donors (Lipinski definition) is 0. The first-order valence-corrected chi connectivity index (χ1v) is 9.07. The van der Waals surface area contributed by atoms with Gasteiger partial charge in [-0.15, -0.1) is 11.3 Å². The third kappa shape index (κ3) is 3.06. The quantitative estimate of drug-likeness (QED) is 0.855. The number of rotatable bonds is 4. The molecule has 0 saturated carbocycles. The lowest BCUT2D eigenvalue weighted by atomic mass is 10.3. The van der Waals surface area contributed by atoms with Gasteiger partial charge in [-0.25, -0.2) is 8.42 Å². The van der Waals surface area contributed by atoms with Crippen molar-refractivity contribution < 1.29 is 13.2 Å². The van der Waals surface area contributed by atoms with Gasteiger partial charge in [0.2, 0.25) is 0 Å². The minimum absolute atomic E-state index is 0.195. The first kappa shape index (κ1) is 14.8. The fourth-order valence-corrected chi connectivity index (χ4v) is 4.98. The molecule has 0 radical (unpaired) electrons. The molecule has 5 nitrogen and oxygen atoms in total. The molecule has 0 unspecified atom stereocenters. The Kier molecular flexibility index (Phi) is 4.17. The molecular weight excluding hydrogens is 332 g/mol. The van der Waals surface area contributed by atoms with E-state index >= 15 is 0 Å². The first-order chi connectivity index (χ1) is 10.1. The van der Waals surface area contributed by atoms with Gasteiger partial charge in [0.05, 0.1) is 6.54 Å². The third-order valence-corrected chi connectivity index (χ3v) is 6.75. The number of nitrogens with zero attached hydrogens (tertiary/aromatic N) is 2. The molecule has 21 heavy (non-hydrogen) atoms. The van der Waals surface area contributed by atoms with E-state index in [1.54, 1.807) is 29.8 Å². The zero-order valence-corrected chi connectivity index (χ0v) is 13.4. The second-order valence-corrected chi connectivity index (χ2v) is 8.15. The van der Waals surface area contributed by atoms with E-state index in [-0.39, 0.29) is 6.10 Å². The number of hydrogen-bond acceptors (Lipinski definition) is 5. The predicted molar refractivity (Wildman–Crippen MR) is 81.4 cm³/mol. The Morgan fingerprint density at radius 3 is 3.00 bits per heavy atom. The van der Waals surface area contributed by atoms with Crippen LogP contribution in [0.25, 0.3) is 0 Å². The summed E-state index contributed by atoms with van der Waals surface area (Å²) in [6, 6.07) is 5.03. The smallest absolute Gasteiger partial charge is 0.252 e. The van der Waals surface area contributed by atoms with Crippen LogP contribution in [0, 0.1) is 0 Å². The van der Waals surface area contributed by atoms with Crippen molar-refractivity contribution in [2.24, 2.45) is 0 Å². The molecule has 112 valence electrons. The average molecular weight is 345 g/mol. The number of halogens is 1. The van der Waals surface area contributed by atoms with Crippen LogP contribution in [-0.2, 0) is 10.0 Å². The number of sulfonamides is 1. The van der Waals surface area contributed by atoms with Crippen molar-refractivity contribution in [3.05, 3.63) is 41.0 Å². The SMILES string of the molecule is O=S(=O)(c1cccs1)N1CC[C@H](Oc2ccncc2Cl)C1.